The van der Waals surface area contributed by atoms with Crippen molar-refractivity contribution in [3.05, 3.63) is 0 Å². The first-order chi connectivity index (χ1) is 9.65. The van der Waals surface area contributed by atoms with Crippen molar-refractivity contribution in [3.63, 3.8) is 0 Å². The number of rotatable bonds is 2. The average molecular weight is 308 g/mol. The summed E-state index contributed by atoms with van der Waals surface area (Å²) >= 11 is 0. The zero-order valence-corrected chi connectivity index (χ0v) is 12.0. The van der Waals surface area contributed by atoms with Gasteiger partial charge in [-0.3, -0.25) is 4.79 Å². The van der Waals surface area contributed by atoms with E-state index < -0.39 is 23.7 Å². The maximum atomic E-state index is 12.2. The van der Waals surface area contributed by atoms with Crippen LogP contribution in [0.25, 0.3) is 0 Å². The first kappa shape index (κ1) is 16.1. The highest BCUT2D eigenvalue weighted by Crippen LogP contribution is 2.44. The summed E-state index contributed by atoms with van der Waals surface area (Å²) in [7, 11) is 0. The van der Waals surface area contributed by atoms with Gasteiger partial charge >= 0.3 is 18.1 Å². The standard InChI is InChI=1S/C14H19F3O4/c1-3-13(2)7-8-6-9(20-12(19)14(15,16)17)4-5-10(8)21-11(13)18/h8-10H,3-7H2,1-2H3. The maximum Gasteiger partial charge on any atom is 0.490 e. The zero-order valence-electron chi connectivity index (χ0n) is 12.0. The summed E-state index contributed by atoms with van der Waals surface area (Å²) in [5.74, 6) is -2.43. The molecule has 0 spiro atoms. The Bertz CT molecular complexity index is 434. The van der Waals surface area contributed by atoms with Crippen LogP contribution < -0.4 is 0 Å². The number of hydrogen-bond acceptors (Lipinski definition) is 4. The minimum absolute atomic E-state index is 0.0487. The molecule has 0 aromatic rings. The van der Waals surface area contributed by atoms with Crippen LogP contribution >= 0.6 is 0 Å². The fraction of sp³-hybridized carbons (Fsp3) is 0.857. The molecular weight excluding hydrogens is 289 g/mol. The highest BCUT2D eigenvalue weighted by molar-refractivity contribution is 5.77. The number of esters is 2. The van der Waals surface area contributed by atoms with Gasteiger partial charge in [0.15, 0.2) is 0 Å². The second-order valence-electron chi connectivity index (χ2n) is 6.16. The molecule has 2 fully saturated rings. The lowest BCUT2D eigenvalue weighted by molar-refractivity contribution is -0.211. The van der Waals surface area contributed by atoms with E-state index in [1.54, 1.807) is 6.92 Å². The SMILES string of the molecule is CCC1(C)CC2CC(OC(=O)C(F)(F)F)CCC2OC1=O. The van der Waals surface area contributed by atoms with Gasteiger partial charge in [0.05, 0.1) is 5.41 Å². The van der Waals surface area contributed by atoms with Crippen molar-refractivity contribution < 1.29 is 32.2 Å². The molecule has 0 aromatic carbocycles. The Morgan fingerprint density at radius 2 is 2.10 bits per heavy atom. The minimum atomic E-state index is -4.96. The van der Waals surface area contributed by atoms with Gasteiger partial charge in [0.1, 0.15) is 12.2 Å². The van der Waals surface area contributed by atoms with E-state index in [0.29, 0.717) is 32.1 Å². The molecule has 4 unspecified atom stereocenters. The lowest BCUT2D eigenvalue weighted by Gasteiger charge is -2.44. The molecule has 2 aliphatic rings. The zero-order chi connectivity index (χ0) is 15.8. The van der Waals surface area contributed by atoms with Crippen molar-refractivity contribution in [2.24, 2.45) is 11.3 Å². The molecule has 0 bridgehead atoms. The van der Waals surface area contributed by atoms with Crippen LogP contribution in [0.1, 0.15) is 46.0 Å². The number of hydrogen-bond donors (Lipinski definition) is 0. The van der Waals surface area contributed by atoms with Crippen LogP contribution in [0, 0.1) is 11.3 Å². The molecule has 2 rings (SSSR count). The number of ether oxygens (including phenoxy) is 2. The quantitative estimate of drug-likeness (QED) is 0.736. The molecule has 0 aromatic heterocycles. The van der Waals surface area contributed by atoms with Gasteiger partial charge in [0, 0.05) is 5.92 Å². The average Bonchev–Trinajstić information content (AvgIpc) is 2.39. The first-order valence-corrected chi connectivity index (χ1v) is 7.14. The van der Waals surface area contributed by atoms with Gasteiger partial charge in [-0.2, -0.15) is 13.2 Å². The molecule has 4 nitrogen and oxygen atoms in total. The Morgan fingerprint density at radius 3 is 2.67 bits per heavy atom. The Balaban J connectivity index is 1.99. The van der Waals surface area contributed by atoms with Gasteiger partial charge in [-0.05, 0) is 39.0 Å². The molecule has 1 saturated carbocycles. The van der Waals surface area contributed by atoms with E-state index in [1.165, 1.54) is 0 Å². The van der Waals surface area contributed by atoms with Crippen LogP contribution in [0.3, 0.4) is 0 Å². The Labute approximate surface area is 121 Å². The van der Waals surface area contributed by atoms with Crippen molar-refractivity contribution in [2.75, 3.05) is 0 Å². The van der Waals surface area contributed by atoms with Crippen LogP contribution in [-0.4, -0.2) is 30.3 Å². The van der Waals surface area contributed by atoms with Crippen molar-refractivity contribution in [2.45, 2.75) is 64.3 Å². The van der Waals surface area contributed by atoms with E-state index in [0.717, 1.165) is 0 Å². The van der Waals surface area contributed by atoms with Gasteiger partial charge < -0.3 is 9.47 Å². The molecule has 1 saturated heterocycles. The second-order valence-corrected chi connectivity index (χ2v) is 6.16. The minimum Gasteiger partial charge on any atom is -0.462 e. The summed E-state index contributed by atoms with van der Waals surface area (Å²) in [6, 6.07) is 0. The van der Waals surface area contributed by atoms with Crippen molar-refractivity contribution in [3.8, 4) is 0 Å². The predicted molar refractivity (Wildman–Crippen MR) is 66.2 cm³/mol. The van der Waals surface area contributed by atoms with Gasteiger partial charge in [-0.15, -0.1) is 0 Å². The molecule has 0 radical (unpaired) electrons. The summed E-state index contributed by atoms with van der Waals surface area (Å²) in [5, 5.41) is 0. The molecular formula is C14H19F3O4. The summed E-state index contributed by atoms with van der Waals surface area (Å²) in [4.78, 5) is 22.8. The van der Waals surface area contributed by atoms with Crippen LogP contribution in [-0.2, 0) is 19.1 Å². The summed E-state index contributed by atoms with van der Waals surface area (Å²) in [5.41, 5.74) is -0.600. The Hall–Kier alpha value is -1.27. The molecule has 1 heterocycles. The largest absolute Gasteiger partial charge is 0.490 e. The Kier molecular flexibility index (Phi) is 4.22. The molecule has 1 aliphatic heterocycles. The smallest absolute Gasteiger partial charge is 0.462 e. The van der Waals surface area contributed by atoms with Gasteiger partial charge in [0.25, 0.3) is 0 Å². The molecule has 120 valence electrons. The van der Waals surface area contributed by atoms with Crippen LogP contribution in [0.5, 0.6) is 0 Å². The molecule has 1 aliphatic carbocycles. The lowest BCUT2D eigenvalue weighted by Crippen LogP contribution is -2.48. The molecule has 4 atom stereocenters. The topological polar surface area (TPSA) is 52.6 Å². The van der Waals surface area contributed by atoms with Gasteiger partial charge in [-0.1, -0.05) is 6.92 Å². The van der Waals surface area contributed by atoms with Crippen molar-refractivity contribution in [1.29, 1.82) is 0 Å². The highest BCUT2D eigenvalue weighted by Gasteiger charge is 2.49. The number of halogens is 3. The van der Waals surface area contributed by atoms with Crippen molar-refractivity contribution in [1.82, 2.24) is 0 Å². The monoisotopic (exact) mass is 308 g/mol. The summed E-state index contributed by atoms with van der Waals surface area (Å²) < 4.78 is 46.6. The van der Waals surface area contributed by atoms with Crippen LogP contribution in [0.2, 0.25) is 0 Å². The third-order valence-electron chi connectivity index (χ3n) is 4.61. The maximum absolute atomic E-state index is 12.2. The number of alkyl halides is 3. The predicted octanol–water partition coefficient (Wildman–Crippen LogP) is 2.99. The van der Waals surface area contributed by atoms with Crippen molar-refractivity contribution >= 4 is 11.9 Å². The second kappa shape index (κ2) is 5.50. The number of fused-ring (bicyclic) bond motifs is 1. The van der Waals surface area contributed by atoms with Crippen LogP contribution in [0.15, 0.2) is 0 Å². The van der Waals surface area contributed by atoms with E-state index in [2.05, 4.69) is 4.74 Å². The molecule has 21 heavy (non-hydrogen) atoms. The van der Waals surface area contributed by atoms with E-state index in [1.807, 2.05) is 6.92 Å². The van der Waals surface area contributed by atoms with Gasteiger partial charge in [-0.25, -0.2) is 4.79 Å². The summed E-state index contributed by atoms with van der Waals surface area (Å²) in [6.45, 7) is 3.68. The van der Waals surface area contributed by atoms with E-state index in [4.69, 9.17) is 4.74 Å². The Morgan fingerprint density at radius 1 is 1.43 bits per heavy atom. The van der Waals surface area contributed by atoms with Crippen LogP contribution in [0.4, 0.5) is 13.2 Å². The van der Waals surface area contributed by atoms with E-state index in [-0.39, 0.29) is 18.0 Å². The van der Waals surface area contributed by atoms with E-state index >= 15 is 0 Å². The highest BCUT2D eigenvalue weighted by atomic mass is 19.4. The number of carbonyl (C=O) groups is 2. The van der Waals surface area contributed by atoms with E-state index in [9.17, 15) is 22.8 Å². The molecule has 7 heteroatoms. The molecule has 0 amide bonds. The fourth-order valence-electron chi connectivity index (χ4n) is 3.12. The number of carbonyl (C=O) groups excluding carboxylic acids is 2. The third-order valence-corrected chi connectivity index (χ3v) is 4.61. The fourth-order valence-corrected chi connectivity index (χ4v) is 3.12. The normalized spacial score (nSPS) is 36.6. The van der Waals surface area contributed by atoms with Gasteiger partial charge in [0.2, 0.25) is 0 Å². The lowest BCUT2D eigenvalue weighted by atomic mass is 9.70. The third kappa shape index (κ3) is 3.32. The summed E-state index contributed by atoms with van der Waals surface area (Å²) in [6.07, 6.45) is -3.76. The first-order valence-electron chi connectivity index (χ1n) is 7.14. The molecule has 0 N–H and O–H groups in total.